The molecular weight excluding hydrogens is 202 g/mol. The highest BCUT2D eigenvalue weighted by atomic mass is 35.5. The fraction of sp³-hybridized carbons (Fsp3) is 0.500. The second kappa shape index (κ2) is 4.73. The second-order valence-electron chi connectivity index (χ2n) is 2.32. The molecule has 1 aromatic heterocycles. The number of hydrogen-bond acceptors (Lipinski definition) is 4. The van der Waals surface area contributed by atoms with Crippen LogP contribution in [0, 0.1) is 5.89 Å². The van der Waals surface area contributed by atoms with Crippen molar-refractivity contribution in [1.82, 2.24) is 9.97 Å². The van der Waals surface area contributed by atoms with Crippen LogP contribution in [-0.4, -0.2) is 27.1 Å². The van der Waals surface area contributed by atoms with Gasteiger partial charge in [0.1, 0.15) is 0 Å². The van der Waals surface area contributed by atoms with Gasteiger partial charge in [0.05, 0.1) is 0 Å². The van der Waals surface area contributed by atoms with E-state index in [1.54, 1.807) is 0 Å². The van der Waals surface area contributed by atoms with E-state index >= 15 is 0 Å². The highest BCUT2D eigenvalue weighted by Crippen LogP contribution is 2.06. The van der Waals surface area contributed by atoms with Gasteiger partial charge in [0.2, 0.25) is 5.28 Å². The largest absolute Gasteiger partial charge is 0.491 e. The third kappa shape index (κ3) is 2.94. The van der Waals surface area contributed by atoms with Crippen LogP contribution < -0.4 is 5.46 Å². The van der Waals surface area contributed by atoms with Gasteiger partial charge in [-0.2, -0.15) is 0 Å². The first-order valence-electron chi connectivity index (χ1n) is 7.96. The molecule has 0 aliphatic carbocycles. The predicted octanol–water partition coefficient (Wildman–Crippen LogP) is 0.00830. The molecule has 0 aliphatic heterocycles. The average Bonchev–Trinajstić information content (AvgIpc) is 2.34. The molecule has 1 rings (SSSR count). The van der Waals surface area contributed by atoms with Gasteiger partial charge in [0.15, 0.2) is 0 Å². The lowest BCUT2D eigenvalue weighted by molar-refractivity contribution is 0.424. The van der Waals surface area contributed by atoms with E-state index in [2.05, 4.69) is 9.97 Å². The lowest BCUT2D eigenvalue weighted by Gasteiger charge is -2.09. The Kier molecular flexibility index (Phi) is 1.38. The van der Waals surface area contributed by atoms with Crippen LogP contribution in [0.2, 0.25) is 5.28 Å². The Bertz CT molecular complexity index is 578. The normalized spacial score (nSPS) is 23.8. The fourth-order valence-corrected chi connectivity index (χ4v) is 0.910. The summed E-state index contributed by atoms with van der Waals surface area (Å²) >= 11 is 5.51. The van der Waals surface area contributed by atoms with Gasteiger partial charge in [-0.25, -0.2) is 9.97 Å². The number of hydrogen-bond donors (Lipinski definition) is 2. The maximum absolute atomic E-state index is 9.25. The monoisotopic (exact) mass is 223 g/mol. The van der Waals surface area contributed by atoms with Crippen LogP contribution in [0.3, 0.4) is 0 Å². The average molecular weight is 224 g/mol. The van der Waals surface area contributed by atoms with Crippen molar-refractivity contribution in [3.05, 3.63) is 17.2 Å². The Labute approximate surface area is 101 Å². The summed E-state index contributed by atoms with van der Waals surface area (Å²) in [4.78, 5) is 6.80. The third-order valence-electron chi connectivity index (χ3n) is 1.31. The zero-order valence-electron chi connectivity index (χ0n) is 15.8. The van der Waals surface area contributed by atoms with Crippen LogP contribution in [0.15, 0.2) is 6.20 Å². The summed E-state index contributed by atoms with van der Waals surface area (Å²) in [6.45, 7) is -7.17. The first-order chi connectivity index (χ1) is 10.1. The molecule has 6 heteroatoms. The lowest BCUT2D eigenvalue weighted by Crippen LogP contribution is -2.35. The molecule has 0 unspecified atom stereocenters. The SMILES string of the molecule is [2H]C([2H])([2H])C([2H])(C([2H])([2H])[2H])C([2H])([2H])c1nc(Cl)ncc1B(O)O. The van der Waals surface area contributed by atoms with E-state index in [1.807, 2.05) is 0 Å². The van der Waals surface area contributed by atoms with Crippen LogP contribution in [0.5, 0.6) is 0 Å². The van der Waals surface area contributed by atoms with Gasteiger partial charge in [-0.05, 0) is 23.9 Å². The zero-order chi connectivity index (χ0) is 18.4. The van der Waals surface area contributed by atoms with E-state index in [9.17, 15) is 10.0 Å². The topological polar surface area (TPSA) is 66.2 Å². The van der Waals surface area contributed by atoms with Gasteiger partial charge >= 0.3 is 7.12 Å². The molecule has 0 saturated carbocycles. The predicted molar refractivity (Wildman–Crippen MR) is 55.4 cm³/mol. The summed E-state index contributed by atoms with van der Waals surface area (Å²) in [5.74, 6) is -3.64. The van der Waals surface area contributed by atoms with E-state index in [4.69, 9.17) is 23.9 Å². The van der Waals surface area contributed by atoms with Gasteiger partial charge in [0.25, 0.3) is 0 Å². The minimum absolute atomic E-state index is 0.577. The standard InChI is InChI=1S/C8H12BClN2O2/c1-5(2)3-7-6(9(13)14)4-11-8(10)12-7/h4-5,13-14H,3H2,1-2H3/i1D3,2D3,3D2,5D. The summed E-state index contributed by atoms with van der Waals surface area (Å²) in [7, 11) is -2.32. The summed E-state index contributed by atoms with van der Waals surface area (Å²) in [5.41, 5.74) is -1.68. The van der Waals surface area contributed by atoms with Crippen molar-refractivity contribution in [1.29, 1.82) is 0 Å². The summed E-state index contributed by atoms with van der Waals surface area (Å²) in [6.07, 6.45) is -2.72. The molecule has 0 radical (unpaired) electrons. The van der Waals surface area contributed by atoms with Crippen molar-refractivity contribution in [2.45, 2.75) is 20.1 Å². The van der Waals surface area contributed by atoms with Crippen LogP contribution in [0.4, 0.5) is 0 Å². The molecule has 0 aliphatic rings. The van der Waals surface area contributed by atoms with Crippen LogP contribution >= 0.6 is 11.6 Å². The van der Waals surface area contributed by atoms with E-state index < -0.39 is 49.5 Å². The van der Waals surface area contributed by atoms with Crippen LogP contribution in [0.25, 0.3) is 0 Å². The van der Waals surface area contributed by atoms with Gasteiger partial charge in [-0.1, -0.05) is 13.7 Å². The second-order valence-corrected chi connectivity index (χ2v) is 2.65. The van der Waals surface area contributed by atoms with Crippen LogP contribution in [-0.2, 0) is 6.37 Å². The highest BCUT2D eigenvalue weighted by molar-refractivity contribution is 6.59. The summed E-state index contributed by atoms with van der Waals surface area (Å²) < 4.78 is 67.7. The molecule has 0 aromatic carbocycles. The van der Waals surface area contributed by atoms with E-state index in [1.165, 1.54) is 0 Å². The molecule has 1 aromatic rings. The maximum Gasteiger partial charge on any atom is 0.491 e. The number of rotatable bonds is 3. The number of halogens is 1. The van der Waals surface area contributed by atoms with Crippen molar-refractivity contribution in [2.24, 2.45) is 5.89 Å². The van der Waals surface area contributed by atoms with E-state index in [0.29, 0.717) is 6.20 Å². The van der Waals surface area contributed by atoms with Crippen molar-refractivity contribution < 1.29 is 22.4 Å². The van der Waals surface area contributed by atoms with Gasteiger partial charge in [0, 0.05) is 29.7 Å². The Morgan fingerprint density at radius 1 is 1.79 bits per heavy atom. The molecule has 14 heavy (non-hydrogen) atoms. The lowest BCUT2D eigenvalue weighted by atomic mass is 9.78. The molecule has 4 nitrogen and oxygen atoms in total. The van der Waals surface area contributed by atoms with E-state index in [-0.39, 0.29) is 0 Å². The first-order valence-corrected chi connectivity index (χ1v) is 3.84. The van der Waals surface area contributed by atoms with Crippen molar-refractivity contribution in [3.63, 3.8) is 0 Å². The quantitative estimate of drug-likeness (QED) is 0.560. The van der Waals surface area contributed by atoms with Crippen molar-refractivity contribution >= 4 is 24.2 Å². The molecule has 2 N–H and O–H groups in total. The number of nitrogens with zero attached hydrogens (tertiary/aromatic N) is 2. The summed E-state index contributed by atoms with van der Waals surface area (Å²) in [5, 5.41) is 17.9. The molecule has 0 spiro atoms. The van der Waals surface area contributed by atoms with Gasteiger partial charge in [-0.3, -0.25) is 0 Å². The van der Waals surface area contributed by atoms with Crippen LogP contribution in [0.1, 0.15) is 31.7 Å². The molecule has 0 bridgehead atoms. The molecular formula is C8H12BClN2O2. The van der Waals surface area contributed by atoms with Gasteiger partial charge in [-0.15, -0.1) is 0 Å². The molecule has 0 fully saturated rings. The maximum atomic E-state index is 9.25. The molecule has 0 saturated heterocycles. The van der Waals surface area contributed by atoms with Crippen molar-refractivity contribution in [2.75, 3.05) is 0 Å². The highest BCUT2D eigenvalue weighted by Gasteiger charge is 2.18. The zero-order valence-corrected chi connectivity index (χ0v) is 7.58. The molecule has 0 atom stereocenters. The fourth-order valence-electron chi connectivity index (χ4n) is 0.777. The first kappa shape index (κ1) is 4.08. The number of aromatic nitrogens is 2. The van der Waals surface area contributed by atoms with E-state index in [0.717, 1.165) is 0 Å². The Morgan fingerprint density at radius 3 is 3.07 bits per heavy atom. The van der Waals surface area contributed by atoms with Crippen molar-refractivity contribution in [3.8, 4) is 0 Å². The Hall–Kier alpha value is -0.645. The summed E-state index contributed by atoms with van der Waals surface area (Å²) in [6, 6.07) is 0. The molecule has 0 amide bonds. The Balaban J connectivity index is 3.77. The minimum atomic E-state index is -3.64. The van der Waals surface area contributed by atoms with Gasteiger partial charge < -0.3 is 10.0 Å². The minimum Gasteiger partial charge on any atom is -0.423 e. The molecule has 76 valence electrons. The third-order valence-corrected chi connectivity index (χ3v) is 1.49. The smallest absolute Gasteiger partial charge is 0.423 e. The Morgan fingerprint density at radius 2 is 2.50 bits per heavy atom. The molecule has 1 heterocycles.